The zero-order valence-electron chi connectivity index (χ0n) is 14.4. The summed E-state index contributed by atoms with van der Waals surface area (Å²) in [5, 5.41) is 0. The van der Waals surface area contributed by atoms with Gasteiger partial charge in [0.1, 0.15) is 5.78 Å². The van der Waals surface area contributed by atoms with Crippen LogP contribution in [0.15, 0.2) is 0 Å². The molecule has 0 N–H and O–H groups in total. The summed E-state index contributed by atoms with van der Waals surface area (Å²) in [5.74, 6) is 1.28. The number of carbonyl (C=O) groups is 1. The van der Waals surface area contributed by atoms with Crippen molar-refractivity contribution < 1.29 is 4.79 Å². The second-order valence-corrected chi connectivity index (χ2v) is 6.76. The summed E-state index contributed by atoms with van der Waals surface area (Å²) in [5.41, 5.74) is 0. The Morgan fingerprint density at radius 1 is 0.700 bits per heavy atom. The van der Waals surface area contributed by atoms with Crippen LogP contribution in [0, 0.1) is 5.92 Å². The number of rotatable bonds is 15. The van der Waals surface area contributed by atoms with E-state index in [1.165, 1.54) is 64.2 Å². The SMILES string of the molecule is CCCCCCCCCCCC(=O)CCCCC(C)C. The average molecular weight is 283 g/mol. The smallest absolute Gasteiger partial charge is 0.132 e. The highest BCUT2D eigenvalue weighted by Gasteiger charge is 2.02. The summed E-state index contributed by atoms with van der Waals surface area (Å²) in [4.78, 5) is 11.7. The first-order valence-corrected chi connectivity index (χ1v) is 9.18. The summed E-state index contributed by atoms with van der Waals surface area (Å²) in [6, 6.07) is 0. The molecule has 0 aromatic carbocycles. The molecular formula is C19H38O. The summed E-state index contributed by atoms with van der Waals surface area (Å²) in [6.45, 7) is 6.77. The van der Waals surface area contributed by atoms with Gasteiger partial charge < -0.3 is 0 Å². The topological polar surface area (TPSA) is 17.1 Å². The molecule has 0 atom stereocenters. The molecule has 0 saturated carbocycles. The summed E-state index contributed by atoms with van der Waals surface area (Å²) < 4.78 is 0. The van der Waals surface area contributed by atoms with Gasteiger partial charge in [-0.15, -0.1) is 0 Å². The zero-order valence-corrected chi connectivity index (χ0v) is 14.4. The van der Waals surface area contributed by atoms with Crippen molar-refractivity contribution in [1.82, 2.24) is 0 Å². The van der Waals surface area contributed by atoms with Gasteiger partial charge >= 0.3 is 0 Å². The van der Waals surface area contributed by atoms with E-state index < -0.39 is 0 Å². The van der Waals surface area contributed by atoms with Crippen LogP contribution in [0.5, 0.6) is 0 Å². The van der Waals surface area contributed by atoms with Crippen LogP contribution in [-0.2, 0) is 4.79 Å². The highest BCUT2D eigenvalue weighted by atomic mass is 16.1. The van der Waals surface area contributed by atoms with E-state index in [0.29, 0.717) is 5.78 Å². The fourth-order valence-electron chi connectivity index (χ4n) is 2.63. The maximum absolute atomic E-state index is 11.7. The van der Waals surface area contributed by atoms with E-state index >= 15 is 0 Å². The molecule has 120 valence electrons. The van der Waals surface area contributed by atoms with Gasteiger partial charge in [-0.25, -0.2) is 0 Å². The van der Waals surface area contributed by atoms with Gasteiger partial charge in [-0.3, -0.25) is 4.79 Å². The zero-order chi connectivity index (χ0) is 15.1. The van der Waals surface area contributed by atoms with Crippen LogP contribution in [0.1, 0.15) is 111 Å². The van der Waals surface area contributed by atoms with Gasteiger partial charge in [0.05, 0.1) is 0 Å². The second-order valence-electron chi connectivity index (χ2n) is 6.76. The van der Waals surface area contributed by atoms with Gasteiger partial charge in [0, 0.05) is 12.8 Å². The monoisotopic (exact) mass is 282 g/mol. The molecule has 20 heavy (non-hydrogen) atoms. The Bertz CT molecular complexity index is 208. The number of Topliss-reactive ketones (excluding diaryl/α,β-unsaturated/α-hetero) is 1. The minimum absolute atomic E-state index is 0.497. The molecule has 0 spiro atoms. The molecule has 0 bridgehead atoms. The Labute approximate surface area is 127 Å². The van der Waals surface area contributed by atoms with Gasteiger partial charge in [-0.2, -0.15) is 0 Å². The summed E-state index contributed by atoms with van der Waals surface area (Å²) in [6.07, 6.45) is 17.3. The maximum Gasteiger partial charge on any atom is 0.132 e. The third-order valence-electron chi connectivity index (χ3n) is 4.05. The molecule has 0 aromatic rings. The van der Waals surface area contributed by atoms with E-state index in [0.717, 1.165) is 31.6 Å². The van der Waals surface area contributed by atoms with Crippen molar-refractivity contribution in [2.24, 2.45) is 5.92 Å². The minimum Gasteiger partial charge on any atom is -0.300 e. The van der Waals surface area contributed by atoms with E-state index in [4.69, 9.17) is 0 Å². The van der Waals surface area contributed by atoms with E-state index in [1.807, 2.05) is 0 Å². The van der Waals surface area contributed by atoms with Crippen molar-refractivity contribution >= 4 is 5.78 Å². The van der Waals surface area contributed by atoms with Crippen molar-refractivity contribution in [1.29, 1.82) is 0 Å². The number of carbonyl (C=O) groups excluding carboxylic acids is 1. The highest BCUT2D eigenvalue weighted by Crippen LogP contribution is 2.13. The Morgan fingerprint density at radius 2 is 1.15 bits per heavy atom. The number of ketones is 1. The molecule has 0 aliphatic heterocycles. The van der Waals surface area contributed by atoms with Crippen LogP contribution in [0.3, 0.4) is 0 Å². The summed E-state index contributed by atoms with van der Waals surface area (Å²) in [7, 11) is 0. The van der Waals surface area contributed by atoms with Crippen molar-refractivity contribution in [3.8, 4) is 0 Å². The molecule has 0 radical (unpaired) electrons. The van der Waals surface area contributed by atoms with Crippen LogP contribution in [-0.4, -0.2) is 5.78 Å². The minimum atomic E-state index is 0.497. The molecule has 0 saturated heterocycles. The van der Waals surface area contributed by atoms with Crippen molar-refractivity contribution in [2.75, 3.05) is 0 Å². The van der Waals surface area contributed by atoms with E-state index in [9.17, 15) is 4.79 Å². The second kappa shape index (κ2) is 15.1. The van der Waals surface area contributed by atoms with Crippen molar-refractivity contribution in [2.45, 2.75) is 111 Å². The first kappa shape index (κ1) is 19.7. The maximum atomic E-state index is 11.7. The van der Waals surface area contributed by atoms with Crippen molar-refractivity contribution in [3.05, 3.63) is 0 Å². The van der Waals surface area contributed by atoms with E-state index in [-0.39, 0.29) is 0 Å². The van der Waals surface area contributed by atoms with Crippen LogP contribution in [0.4, 0.5) is 0 Å². The molecular weight excluding hydrogens is 244 g/mol. The fourth-order valence-corrected chi connectivity index (χ4v) is 2.63. The fraction of sp³-hybridized carbons (Fsp3) is 0.947. The highest BCUT2D eigenvalue weighted by molar-refractivity contribution is 5.78. The molecule has 0 rings (SSSR count). The van der Waals surface area contributed by atoms with Gasteiger partial charge in [0.25, 0.3) is 0 Å². The Balaban J connectivity index is 3.15. The Hall–Kier alpha value is -0.330. The van der Waals surface area contributed by atoms with Crippen molar-refractivity contribution in [3.63, 3.8) is 0 Å². The van der Waals surface area contributed by atoms with Crippen LogP contribution in [0.2, 0.25) is 0 Å². The molecule has 0 fully saturated rings. The third-order valence-corrected chi connectivity index (χ3v) is 4.05. The number of hydrogen-bond donors (Lipinski definition) is 0. The third kappa shape index (κ3) is 15.7. The lowest BCUT2D eigenvalue weighted by molar-refractivity contribution is -0.119. The molecule has 0 aliphatic carbocycles. The molecule has 0 aromatic heterocycles. The average Bonchev–Trinajstić information content (AvgIpc) is 2.41. The normalized spacial score (nSPS) is 11.2. The lowest BCUT2D eigenvalue weighted by Crippen LogP contribution is -1.98. The molecule has 1 nitrogen and oxygen atoms in total. The standard InChI is InChI=1S/C19H38O/c1-4-5-6-7-8-9-10-11-12-16-19(20)17-14-13-15-18(2)3/h18H,4-17H2,1-3H3. The Morgan fingerprint density at radius 3 is 1.65 bits per heavy atom. The predicted molar refractivity (Wildman–Crippen MR) is 90.2 cm³/mol. The van der Waals surface area contributed by atoms with Crippen LogP contribution >= 0.6 is 0 Å². The molecule has 0 unspecified atom stereocenters. The lowest BCUT2D eigenvalue weighted by atomic mass is 10.0. The first-order valence-electron chi connectivity index (χ1n) is 9.18. The molecule has 0 heterocycles. The van der Waals surface area contributed by atoms with Crippen LogP contribution in [0.25, 0.3) is 0 Å². The largest absolute Gasteiger partial charge is 0.300 e. The number of hydrogen-bond acceptors (Lipinski definition) is 1. The van der Waals surface area contributed by atoms with Gasteiger partial charge in [0.2, 0.25) is 0 Å². The van der Waals surface area contributed by atoms with E-state index in [1.54, 1.807) is 0 Å². The Kier molecular flexibility index (Phi) is 14.8. The van der Waals surface area contributed by atoms with Gasteiger partial charge in [-0.1, -0.05) is 85.0 Å². The molecule has 1 heteroatoms. The van der Waals surface area contributed by atoms with Gasteiger partial charge in [-0.05, 0) is 18.8 Å². The van der Waals surface area contributed by atoms with Gasteiger partial charge in [0.15, 0.2) is 0 Å². The van der Waals surface area contributed by atoms with E-state index in [2.05, 4.69) is 20.8 Å². The molecule has 0 aliphatic rings. The predicted octanol–water partition coefficient (Wildman–Crippen LogP) is 6.69. The molecule has 0 amide bonds. The first-order chi connectivity index (χ1) is 9.66. The summed E-state index contributed by atoms with van der Waals surface area (Å²) >= 11 is 0. The quantitative estimate of drug-likeness (QED) is 0.306. The van der Waals surface area contributed by atoms with Crippen LogP contribution < -0.4 is 0 Å². The lowest BCUT2D eigenvalue weighted by Gasteiger charge is -2.04. The number of unbranched alkanes of at least 4 members (excludes halogenated alkanes) is 9.